The maximum absolute atomic E-state index is 13.6. The summed E-state index contributed by atoms with van der Waals surface area (Å²) in [6.45, 7) is 0.0847. The van der Waals surface area contributed by atoms with E-state index in [0.29, 0.717) is 0 Å². The van der Waals surface area contributed by atoms with Crippen LogP contribution in [0.15, 0.2) is 35.5 Å². The smallest absolute Gasteiger partial charge is 0.153 e. The van der Waals surface area contributed by atoms with E-state index in [-0.39, 0.29) is 24.0 Å². The van der Waals surface area contributed by atoms with Gasteiger partial charge in [0.25, 0.3) is 0 Å². The Morgan fingerprint density at radius 2 is 2.20 bits per heavy atom. The number of H-pyrrole nitrogens is 1. The number of aromatic amines is 1. The minimum atomic E-state index is -0.280. The molecule has 1 fully saturated rings. The van der Waals surface area contributed by atoms with Crippen molar-refractivity contribution in [3.05, 3.63) is 42.0 Å². The van der Waals surface area contributed by atoms with Gasteiger partial charge in [0, 0.05) is 24.8 Å². The molecule has 6 nitrogen and oxygen atoms in total. The van der Waals surface area contributed by atoms with Crippen LogP contribution in [0.25, 0.3) is 10.9 Å². The normalized spacial score (nSPS) is 20.9. The quantitative estimate of drug-likeness (QED) is 0.771. The SMILES string of the molecule is Cn1nc(C2C=Nc3[nH]ccc3N2C2(CO)CC2)c2ccc(F)cc21. The molecule has 1 aromatic carbocycles. The highest BCUT2D eigenvalue weighted by molar-refractivity contribution is 5.91. The number of hydrogen-bond acceptors (Lipinski definition) is 4. The van der Waals surface area contributed by atoms with Crippen LogP contribution in [0.1, 0.15) is 24.6 Å². The van der Waals surface area contributed by atoms with Gasteiger partial charge in [-0.15, -0.1) is 0 Å². The number of benzene rings is 1. The van der Waals surface area contributed by atoms with Crippen molar-refractivity contribution >= 4 is 28.6 Å². The molecule has 7 heteroatoms. The molecule has 1 unspecified atom stereocenters. The number of fused-ring (bicyclic) bond motifs is 2. The molecule has 128 valence electrons. The molecule has 1 aliphatic carbocycles. The second-order valence-corrected chi connectivity index (χ2v) is 6.86. The van der Waals surface area contributed by atoms with Gasteiger partial charge in [-0.1, -0.05) is 0 Å². The Morgan fingerprint density at radius 3 is 2.96 bits per heavy atom. The molecule has 1 aliphatic heterocycles. The molecule has 0 radical (unpaired) electrons. The molecule has 1 saturated carbocycles. The Balaban J connectivity index is 1.71. The minimum Gasteiger partial charge on any atom is -0.394 e. The van der Waals surface area contributed by atoms with Crippen LogP contribution in [0.3, 0.4) is 0 Å². The van der Waals surface area contributed by atoms with Crippen LogP contribution in [0, 0.1) is 5.82 Å². The Morgan fingerprint density at radius 1 is 1.36 bits per heavy atom. The Kier molecular flexibility index (Phi) is 2.88. The average molecular weight is 339 g/mol. The summed E-state index contributed by atoms with van der Waals surface area (Å²) in [5.41, 5.74) is 2.27. The Labute approximate surface area is 143 Å². The number of nitrogens with one attached hydrogen (secondary N) is 1. The highest BCUT2D eigenvalue weighted by Gasteiger charge is 2.52. The molecular weight excluding hydrogens is 321 g/mol. The van der Waals surface area contributed by atoms with E-state index in [9.17, 15) is 9.50 Å². The van der Waals surface area contributed by atoms with Crippen molar-refractivity contribution < 1.29 is 9.50 Å². The lowest BCUT2D eigenvalue weighted by Crippen LogP contribution is -2.45. The number of halogens is 1. The molecule has 3 heterocycles. The third-order valence-corrected chi connectivity index (χ3v) is 5.34. The van der Waals surface area contributed by atoms with Gasteiger partial charge in [0.2, 0.25) is 0 Å². The molecule has 25 heavy (non-hydrogen) atoms. The van der Waals surface area contributed by atoms with Crippen molar-refractivity contribution in [1.29, 1.82) is 0 Å². The first-order valence-electron chi connectivity index (χ1n) is 8.37. The summed E-state index contributed by atoms with van der Waals surface area (Å²) >= 11 is 0. The predicted molar refractivity (Wildman–Crippen MR) is 93.9 cm³/mol. The third-order valence-electron chi connectivity index (χ3n) is 5.34. The standard InChI is InChI=1S/C18H18FN5O/c1-23-14-8-11(19)2-3-12(14)16(22-23)15-9-21-17-13(4-7-20-17)24(15)18(10-25)5-6-18/h2-4,7-9,15,20,25H,5-6,10H2,1H3. The van der Waals surface area contributed by atoms with Gasteiger partial charge in [0.1, 0.15) is 11.9 Å². The predicted octanol–water partition coefficient (Wildman–Crippen LogP) is 2.83. The van der Waals surface area contributed by atoms with Crippen LogP contribution < -0.4 is 4.90 Å². The summed E-state index contributed by atoms with van der Waals surface area (Å²) < 4.78 is 15.3. The van der Waals surface area contributed by atoms with Crippen molar-refractivity contribution in [3.8, 4) is 0 Å². The number of aryl methyl sites for hydroxylation is 1. The zero-order valence-corrected chi connectivity index (χ0v) is 13.8. The van der Waals surface area contributed by atoms with E-state index in [4.69, 9.17) is 0 Å². The van der Waals surface area contributed by atoms with E-state index in [0.717, 1.165) is 40.9 Å². The van der Waals surface area contributed by atoms with Gasteiger partial charge in [0.05, 0.1) is 29.0 Å². The van der Waals surface area contributed by atoms with Crippen molar-refractivity contribution in [1.82, 2.24) is 14.8 Å². The van der Waals surface area contributed by atoms with Crippen LogP contribution >= 0.6 is 0 Å². The van der Waals surface area contributed by atoms with Crippen LogP contribution in [-0.4, -0.2) is 38.2 Å². The zero-order chi connectivity index (χ0) is 17.2. The summed E-state index contributed by atoms with van der Waals surface area (Å²) in [5, 5.41) is 15.6. The lowest BCUT2D eigenvalue weighted by Gasteiger charge is -2.39. The van der Waals surface area contributed by atoms with Crippen molar-refractivity contribution in [3.63, 3.8) is 0 Å². The van der Waals surface area contributed by atoms with E-state index in [1.165, 1.54) is 12.1 Å². The number of aliphatic hydroxyl groups excluding tert-OH is 1. The van der Waals surface area contributed by atoms with E-state index in [2.05, 4.69) is 20.0 Å². The maximum Gasteiger partial charge on any atom is 0.153 e. The molecule has 5 rings (SSSR count). The fourth-order valence-corrected chi connectivity index (χ4v) is 3.85. The lowest BCUT2D eigenvalue weighted by molar-refractivity contribution is 0.246. The summed E-state index contributed by atoms with van der Waals surface area (Å²) in [5.74, 6) is 0.514. The average Bonchev–Trinajstić information content (AvgIpc) is 3.14. The van der Waals surface area contributed by atoms with Gasteiger partial charge >= 0.3 is 0 Å². The van der Waals surface area contributed by atoms with Crippen LogP contribution in [0.4, 0.5) is 15.9 Å². The van der Waals surface area contributed by atoms with Crippen LogP contribution in [0.2, 0.25) is 0 Å². The molecule has 0 amide bonds. The van der Waals surface area contributed by atoms with Gasteiger partial charge in [-0.3, -0.25) is 4.68 Å². The van der Waals surface area contributed by atoms with E-state index < -0.39 is 0 Å². The second-order valence-electron chi connectivity index (χ2n) is 6.86. The minimum absolute atomic E-state index is 0.0847. The van der Waals surface area contributed by atoms with Crippen molar-refractivity contribution in [2.24, 2.45) is 12.0 Å². The number of anilines is 1. The van der Waals surface area contributed by atoms with Gasteiger partial charge in [-0.25, -0.2) is 9.38 Å². The van der Waals surface area contributed by atoms with Crippen molar-refractivity contribution in [2.45, 2.75) is 24.4 Å². The molecule has 0 saturated heterocycles. The molecule has 2 aliphatic rings. The lowest BCUT2D eigenvalue weighted by atomic mass is 10.0. The number of nitrogens with zero attached hydrogens (tertiary/aromatic N) is 4. The maximum atomic E-state index is 13.6. The highest BCUT2D eigenvalue weighted by atomic mass is 19.1. The number of aliphatic imine (C=N–C) groups is 1. The molecule has 3 aromatic rings. The number of aromatic nitrogens is 3. The number of rotatable bonds is 3. The number of hydrogen-bond donors (Lipinski definition) is 2. The summed E-state index contributed by atoms with van der Waals surface area (Å²) in [7, 11) is 1.82. The van der Waals surface area contributed by atoms with Gasteiger partial charge in [-0.05, 0) is 37.1 Å². The van der Waals surface area contributed by atoms with Gasteiger partial charge in [-0.2, -0.15) is 5.10 Å². The van der Waals surface area contributed by atoms with Crippen LogP contribution in [0.5, 0.6) is 0 Å². The zero-order valence-electron chi connectivity index (χ0n) is 13.8. The molecule has 0 bridgehead atoms. The largest absolute Gasteiger partial charge is 0.394 e. The molecule has 2 aromatic heterocycles. The first kappa shape index (κ1) is 14.7. The Bertz CT molecular complexity index is 1000. The first-order chi connectivity index (χ1) is 12.1. The van der Waals surface area contributed by atoms with Gasteiger partial charge < -0.3 is 15.0 Å². The fourth-order valence-electron chi connectivity index (χ4n) is 3.85. The van der Waals surface area contributed by atoms with Crippen LogP contribution in [-0.2, 0) is 7.05 Å². The van der Waals surface area contributed by atoms with Gasteiger partial charge in [0.15, 0.2) is 5.82 Å². The molecule has 0 spiro atoms. The summed E-state index contributed by atoms with van der Waals surface area (Å²) in [6.07, 6.45) is 5.58. The Hall–Kier alpha value is -2.67. The highest BCUT2D eigenvalue weighted by Crippen LogP contribution is 2.51. The molecule has 2 N–H and O–H groups in total. The fraction of sp³-hybridized carbons (Fsp3) is 0.333. The molecular formula is C18H18FN5O. The third kappa shape index (κ3) is 1.99. The van der Waals surface area contributed by atoms with E-state index in [1.54, 1.807) is 10.7 Å². The number of aliphatic hydroxyl groups is 1. The molecule has 1 atom stereocenters. The van der Waals surface area contributed by atoms with E-state index >= 15 is 0 Å². The first-order valence-corrected chi connectivity index (χ1v) is 8.37. The topological polar surface area (TPSA) is 69.4 Å². The monoisotopic (exact) mass is 339 g/mol. The second kappa shape index (κ2) is 4.92. The van der Waals surface area contributed by atoms with Crippen molar-refractivity contribution in [2.75, 3.05) is 11.5 Å². The van der Waals surface area contributed by atoms with E-state index in [1.807, 2.05) is 25.5 Å². The summed E-state index contributed by atoms with van der Waals surface area (Å²) in [6, 6.07) is 6.51. The summed E-state index contributed by atoms with van der Waals surface area (Å²) in [4.78, 5) is 9.90.